The van der Waals surface area contributed by atoms with Crippen molar-refractivity contribution in [2.75, 3.05) is 18.0 Å². The lowest BCUT2D eigenvalue weighted by atomic mass is 9.96. The Morgan fingerprint density at radius 1 is 1.08 bits per heavy atom. The van der Waals surface area contributed by atoms with Crippen LogP contribution in [0, 0.1) is 31.4 Å². The molecule has 0 aliphatic carbocycles. The van der Waals surface area contributed by atoms with Gasteiger partial charge in [-0.1, -0.05) is 17.4 Å². The summed E-state index contributed by atoms with van der Waals surface area (Å²) in [6.45, 7) is 4.54. The van der Waals surface area contributed by atoms with Gasteiger partial charge in [-0.25, -0.2) is 22.2 Å². The monoisotopic (exact) mass is 556 g/mol. The fourth-order valence-corrected chi connectivity index (χ4v) is 7.08. The minimum atomic E-state index is -4.01. The molecule has 0 saturated carbocycles. The van der Waals surface area contributed by atoms with Crippen LogP contribution in [0.25, 0.3) is 10.2 Å². The van der Waals surface area contributed by atoms with E-state index in [1.807, 2.05) is 32.0 Å². The molecule has 0 N–H and O–H groups in total. The average molecular weight is 557 g/mol. The lowest BCUT2D eigenvalue weighted by Crippen LogP contribution is -2.44. The quantitative estimate of drug-likeness (QED) is 0.325. The Kier molecular flexibility index (Phi) is 7.26. The molecule has 3 heterocycles. The number of aromatic nitrogens is 2. The zero-order valence-electron chi connectivity index (χ0n) is 20.9. The first-order valence-corrected chi connectivity index (χ1v) is 14.4. The van der Waals surface area contributed by atoms with Crippen molar-refractivity contribution in [3.05, 3.63) is 83.2 Å². The van der Waals surface area contributed by atoms with Crippen LogP contribution in [0.15, 0.2) is 59.8 Å². The zero-order chi connectivity index (χ0) is 27.0. The molecular weight excluding hydrogens is 530 g/mol. The van der Waals surface area contributed by atoms with Gasteiger partial charge in [0.1, 0.15) is 0 Å². The van der Waals surface area contributed by atoms with Crippen molar-refractivity contribution in [1.82, 2.24) is 14.3 Å². The summed E-state index contributed by atoms with van der Waals surface area (Å²) in [4.78, 5) is 24.1. The summed E-state index contributed by atoms with van der Waals surface area (Å²) in [6, 6.07) is 10.3. The predicted molar refractivity (Wildman–Crippen MR) is 142 cm³/mol. The molecule has 0 unspecified atom stereocenters. The SMILES string of the molecule is Cc1cc2nc(N(Cc3cccnc3)C(=O)C3CCN(S(=O)(=O)c4ccc(F)c(F)c4)CC3)sc2cc1C. The number of benzene rings is 2. The molecule has 4 aromatic rings. The maximum atomic E-state index is 13.8. The van der Waals surface area contributed by atoms with Gasteiger partial charge in [-0.2, -0.15) is 4.31 Å². The molecule has 0 radical (unpaired) electrons. The summed E-state index contributed by atoms with van der Waals surface area (Å²) >= 11 is 1.45. The van der Waals surface area contributed by atoms with Gasteiger partial charge in [0.05, 0.1) is 21.7 Å². The van der Waals surface area contributed by atoms with Crippen molar-refractivity contribution in [2.24, 2.45) is 5.92 Å². The summed E-state index contributed by atoms with van der Waals surface area (Å²) in [5.41, 5.74) is 3.94. The number of pyridine rings is 1. The van der Waals surface area contributed by atoms with Gasteiger partial charge in [0, 0.05) is 31.4 Å². The van der Waals surface area contributed by atoms with Crippen LogP contribution in [-0.4, -0.2) is 41.7 Å². The lowest BCUT2D eigenvalue weighted by Gasteiger charge is -2.33. The molecule has 2 aromatic heterocycles. The van der Waals surface area contributed by atoms with Crippen molar-refractivity contribution in [3.8, 4) is 0 Å². The number of hydrogen-bond donors (Lipinski definition) is 0. The van der Waals surface area contributed by atoms with Gasteiger partial charge >= 0.3 is 0 Å². The molecule has 0 bridgehead atoms. The Morgan fingerprint density at radius 3 is 2.50 bits per heavy atom. The normalized spacial score (nSPS) is 15.2. The molecule has 5 rings (SSSR count). The van der Waals surface area contributed by atoms with Crippen LogP contribution >= 0.6 is 11.3 Å². The standard InChI is InChI=1S/C27H26F2N4O3S2/c1-17-12-24-25(13-18(17)2)37-27(31-24)33(16-19-4-3-9-30-15-19)26(34)20-7-10-32(11-8-20)38(35,36)21-5-6-22(28)23(29)14-21/h3-6,9,12-15,20H,7-8,10-11,16H2,1-2H3. The second-order valence-electron chi connectivity index (χ2n) is 9.44. The molecule has 11 heteroatoms. The highest BCUT2D eigenvalue weighted by molar-refractivity contribution is 7.89. The molecule has 1 saturated heterocycles. The number of carbonyl (C=O) groups excluding carboxylic acids is 1. The van der Waals surface area contributed by atoms with Crippen LogP contribution in [0.3, 0.4) is 0 Å². The molecule has 0 spiro atoms. The summed E-state index contributed by atoms with van der Waals surface area (Å²) in [5, 5.41) is 0.579. The number of anilines is 1. The van der Waals surface area contributed by atoms with Crippen LogP contribution in [0.5, 0.6) is 0 Å². The highest BCUT2D eigenvalue weighted by Gasteiger charge is 2.35. The number of aryl methyl sites for hydroxylation is 2. The number of nitrogens with zero attached hydrogens (tertiary/aromatic N) is 4. The third kappa shape index (κ3) is 5.18. The Balaban J connectivity index is 1.38. The topological polar surface area (TPSA) is 83.5 Å². The number of hydrogen-bond acceptors (Lipinski definition) is 6. The van der Waals surface area contributed by atoms with Crippen LogP contribution < -0.4 is 4.90 Å². The van der Waals surface area contributed by atoms with Gasteiger partial charge in [0.25, 0.3) is 0 Å². The molecule has 1 fully saturated rings. The number of fused-ring (bicyclic) bond motifs is 1. The lowest BCUT2D eigenvalue weighted by molar-refractivity contribution is -0.123. The third-order valence-electron chi connectivity index (χ3n) is 6.89. The van der Waals surface area contributed by atoms with Crippen LogP contribution in [-0.2, 0) is 21.4 Å². The molecule has 2 aromatic carbocycles. The minimum Gasteiger partial charge on any atom is -0.283 e. The van der Waals surface area contributed by atoms with E-state index in [-0.39, 0.29) is 30.4 Å². The summed E-state index contributed by atoms with van der Waals surface area (Å²) < 4.78 is 55.2. The van der Waals surface area contributed by atoms with E-state index in [4.69, 9.17) is 4.98 Å². The Morgan fingerprint density at radius 2 is 1.82 bits per heavy atom. The van der Waals surface area contributed by atoms with E-state index < -0.39 is 27.6 Å². The average Bonchev–Trinajstić information content (AvgIpc) is 3.31. The summed E-state index contributed by atoms with van der Waals surface area (Å²) in [5.74, 6) is -2.88. The van der Waals surface area contributed by atoms with Gasteiger partial charge in [-0.05, 0) is 79.8 Å². The predicted octanol–water partition coefficient (Wildman–Crippen LogP) is 5.22. The summed E-state index contributed by atoms with van der Waals surface area (Å²) in [6.07, 6.45) is 3.98. The van der Waals surface area contributed by atoms with E-state index in [9.17, 15) is 22.0 Å². The first kappa shape index (κ1) is 26.3. The molecule has 198 valence electrons. The van der Waals surface area contributed by atoms with Crippen molar-refractivity contribution in [3.63, 3.8) is 0 Å². The van der Waals surface area contributed by atoms with Crippen LogP contribution in [0.4, 0.5) is 13.9 Å². The van der Waals surface area contributed by atoms with Gasteiger partial charge in [0.2, 0.25) is 15.9 Å². The second-order valence-corrected chi connectivity index (χ2v) is 12.4. The number of rotatable bonds is 6. The number of halogens is 2. The molecule has 1 amide bonds. The molecule has 0 atom stereocenters. The fraction of sp³-hybridized carbons (Fsp3) is 0.296. The van der Waals surface area contributed by atoms with Crippen LogP contribution in [0.2, 0.25) is 0 Å². The van der Waals surface area contributed by atoms with E-state index in [2.05, 4.69) is 11.1 Å². The number of thiazole rings is 1. The van der Waals surface area contributed by atoms with E-state index in [1.165, 1.54) is 15.6 Å². The number of carbonyl (C=O) groups is 1. The largest absolute Gasteiger partial charge is 0.283 e. The molecule has 38 heavy (non-hydrogen) atoms. The smallest absolute Gasteiger partial charge is 0.243 e. The first-order valence-electron chi connectivity index (χ1n) is 12.2. The van der Waals surface area contributed by atoms with Gasteiger partial charge in [-0.3, -0.25) is 14.7 Å². The van der Waals surface area contributed by atoms with Crippen molar-refractivity contribution in [2.45, 2.75) is 38.1 Å². The van der Waals surface area contributed by atoms with Gasteiger partial charge in [-0.15, -0.1) is 0 Å². The summed E-state index contributed by atoms with van der Waals surface area (Å²) in [7, 11) is -4.01. The van der Waals surface area contributed by atoms with Crippen molar-refractivity contribution in [1.29, 1.82) is 0 Å². The first-order chi connectivity index (χ1) is 18.1. The number of sulfonamides is 1. The Bertz CT molecular complexity index is 1560. The minimum absolute atomic E-state index is 0.0940. The highest BCUT2D eigenvalue weighted by atomic mass is 32.2. The Labute approximate surface area is 223 Å². The molecular formula is C27H26F2N4O3S2. The maximum Gasteiger partial charge on any atom is 0.243 e. The highest BCUT2D eigenvalue weighted by Crippen LogP contribution is 2.34. The van der Waals surface area contributed by atoms with Crippen LogP contribution in [0.1, 0.15) is 29.5 Å². The zero-order valence-corrected chi connectivity index (χ0v) is 22.5. The van der Waals surface area contributed by atoms with E-state index in [0.717, 1.165) is 39.0 Å². The van der Waals surface area contributed by atoms with Crippen molar-refractivity contribution >= 4 is 42.6 Å². The maximum absolute atomic E-state index is 13.8. The van der Waals surface area contributed by atoms with Crippen molar-refractivity contribution < 1.29 is 22.0 Å². The van der Waals surface area contributed by atoms with E-state index in [1.54, 1.807) is 17.3 Å². The van der Waals surface area contributed by atoms with Gasteiger partial charge in [0.15, 0.2) is 16.8 Å². The fourth-order valence-electron chi connectivity index (χ4n) is 4.55. The molecule has 1 aliphatic heterocycles. The number of amides is 1. The van der Waals surface area contributed by atoms with Gasteiger partial charge < -0.3 is 0 Å². The Hall–Kier alpha value is -3.28. The number of piperidine rings is 1. The second kappa shape index (κ2) is 10.5. The van der Waals surface area contributed by atoms with E-state index in [0.29, 0.717) is 24.0 Å². The third-order valence-corrected chi connectivity index (χ3v) is 9.82. The molecule has 1 aliphatic rings. The molecule has 7 nitrogen and oxygen atoms in total. The van der Waals surface area contributed by atoms with E-state index >= 15 is 0 Å².